The molecule has 0 radical (unpaired) electrons. The van der Waals surface area contributed by atoms with Crippen LogP contribution in [-0.2, 0) is 4.74 Å². The Hall–Kier alpha value is 0.230. The Bertz CT molecular complexity index is 265. The van der Waals surface area contributed by atoms with Gasteiger partial charge in [0, 0.05) is 50.3 Å². The van der Waals surface area contributed by atoms with Crippen LogP contribution >= 0.6 is 11.8 Å². The van der Waals surface area contributed by atoms with Crippen LogP contribution < -0.4 is 5.32 Å². The molecule has 0 aromatic rings. The number of nitrogens with one attached hydrogen (secondary N) is 1. The van der Waals surface area contributed by atoms with Crippen LogP contribution in [0.3, 0.4) is 0 Å². The molecule has 1 unspecified atom stereocenters. The molecule has 1 N–H and O–H groups in total. The summed E-state index contributed by atoms with van der Waals surface area (Å²) in [6, 6.07) is 0.707. The molecule has 104 valence electrons. The molecule has 3 aliphatic rings. The summed E-state index contributed by atoms with van der Waals surface area (Å²) in [6.45, 7) is 5.92. The van der Waals surface area contributed by atoms with E-state index in [4.69, 9.17) is 4.74 Å². The molecule has 2 aliphatic heterocycles. The molecule has 0 bridgehead atoms. The van der Waals surface area contributed by atoms with Gasteiger partial charge in [-0.05, 0) is 32.1 Å². The van der Waals surface area contributed by atoms with E-state index in [1.807, 2.05) is 0 Å². The highest BCUT2D eigenvalue weighted by Gasteiger charge is 2.42. The highest BCUT2D eigenvalue weighted by atomic mass is 32.2. The van der Waals surface area contributed by atoms with Gasteiger partial charge in [-0.3, -0.25) is 0 Å². The summed E-state index contributed by atoms with van der Waals surface area (Å²) in [5.74, 6) is 2.64. The van der Waals surface area contributed by atoms with Crippen molar-refractivity contribution in [2.75, 3.05) is 44.3 Å². The minimum absolute atomic E-state index is 0.289. The fourth-order valence-corrected chi connectivity index (χ4v) is 4.35. The van der Waals surface area contributed by atoms with Crippen LogP contribution in [0.2, 0.25) is 0 Å². The van der Waals surface area contributed by atoms with E-state index in [1.54, 1.807) is 0 Å². The Morgan fingerprint density at radius 1 is 1.28 bits per heavy atom. The van der Waals surface area contributed by atoms with Gasteiger partial charge in [-0.15, -0.1) is 0 Å². The van der Waals surface area contributed by atoms with Gasteiger partial charge < -0.3 is 15.0 Å². The van der Waals surface area contributed by atoms with E-state index in [1.165, 1.54) is 63.2 Å². The first kappa shape index (κ1) is 13.2. The molecule has 0 aromatic carbocycles. The van der Waals surface area contributed by atoms with E-state index in [0.29, 0.717) is 6.04 Å². The molecule has 3 fully saturated rings. The number of ether oxygens (including phenoxy) is 1. The molecule has 3 nitrogen and oxygen atoms in total. The smallest absolute Gasteiger partial charge is 0.0697 e. The van der Waals surface area contributed by atoms with Gasteiger partial charge in [0.1, 0.15) is 0 Å². The predicted octanol–water partition coefficient (Wildman–Crippen LogP) is 1.73. The van der Waals surface area contributed by atoms with Gasteiger partial charge in [0.2, 0.25) is 0 Å². The van der Waals surface area contributed by atoms with Gasteiger partial charge >= 0.3 is 0 Å². The molecule has 18 heavy (non-hydrogen) atoms. The largest absolute Gasteiger partial charge is 0.375 e. The van der Waals surface area contributed by atoms with Crippen molar-refractivity contribution in [3.05, 3.63) is 0 Å². The van der Waals surface area contributed by atoms with E-state index in [-0.39, 0.29) is 5.60 Å². The summed E-state index contributed by atoms with van der Waals surface area (Å²) in [6.07, 6.45) is 6.43. The highest BCUT2D eigenvalue weighted by Crippen LogP contribution is 2.42. The zero-order chi connectivity index (χ0) is 12.3. The Labute approximate surface area is 115 Å². The van der Waals surface area contributed by atoms with E-state index in [2.05, 4.69) is 22.0 Å². The maximum Gasteiger partial charge on any atom is 0.0697 e. The van der Waals surface area contributed by atoms with Gasteiger partial charge in [0.15, 0.2) is 0 Å². The molecule has 1 spiro atoms. The Morgan fingerprint density at radius 3 is 2.83 bits per heavy atom. The van der Waals surface area contributed by atoms with Crippen LogP contribution in [0.25, 0.3) is 0 Å². The van der Waals surface area contributed by atoms with E-state index >= 15 is 0 Å². The molecule has 2 heterocycles. The number of rotatable bonds is 4. The first-order valence-electron chi connectivity index (χ1n) is 7.54. The van der Waals surface area contributed by atoms with E-state index in [9.17, 15) is 0 Å². The van der Waals surface area contributed by atoms with Crippen molar-refractivity contribution in [3.63, 3.8) is 0 Å². The maximum atomic E-state index is 5.97. The molecule has 1 atom stereocenters. The molecule has 2 saturated heterocycles. The lowest BCUT2D eigenvalue weighted by Crippen LogP contribution is -2.52. The summed E-state index contributed by atoms with van der Waals surface area (Å²) in [4.78, 5) is 2.60. The minimum Gasteiger partial charge on any atom is -0.375 e. The van der Waals surface area contributed by atoms with Crippen LogP contribution in [0.15, 0.2) is 0 Å². The minimum atomic E-state index is 0.289. The Morgan fingerprint density at radius 2 is 2.11 bits per heavy atom. The van der Waals surface area contributed by atoms with Crippen molar-refractivity contribution < 1.29 is 4.74 Å². The van der Waals surface area contributed by atoms with Gasteiger partial charge in [0.05, 0.1) is 5.60 Å². The summed E-state index contributed by atoms with van der Waals surface area (Å²) in [5.41, 5.74) is 0.289. The zero-order valence-electron chi connectivity index (χ0n) is 11.3. The third-order valence-corrected chi connectivity index (χ3v) is 5.67. The molecule has 4 heteroatoms. The zero-order valence-corrected chi connectivity index (χ0v) is 12.1. The Kier molecular flexibility index (Phi) is 4.50. The van der Waals surface area contributed by atoms with Crippen molar-refractivity contribution in [1.82, 2.24) is 10.2 Å². The molecular weight excluding hydrogens is 244 g/mol. The lowest BCUT2D eigenvalue weighted by molar-refractivity contribution is -0.135. The normalized spacial score (nSPS) is 32.3. The van der Waals surface area contributed by atoms with Crippen LogP contribution in [0.1, 0.15) is 32.1 Å². The van der Waals surface area contributed by atoms with Crippen molar-refractivity contribution in [2.45, 2.75) is 43.7 Å². The number of hydrogen-bond acceptors (Lipinski definition) is 4. The van der Waals surface area contributed by atoms with Crippen LogP contribution in [0.5, 0.6) is 0 Å². The second kappa shape index (κ2) is 6.12. The highest BCUT2D eigenvalue weighted by molar-refractivity contribution is 7.99. The average molecular weight is 270 g/mol. The summed E-state index contributed by atoms with van der Waals surface area (Å²) in [7, 11) is 0. The van der Waals surface area contributed by atoms with Crippen molar-refractivity contribution in [1.29, 1.82) is 0 Å². The summed E-state index contributed by atoms with van der Waals surface area (Å²) >= 11 is 2.09. The van der Waals surface area contributed by atoms with Gasteiger partial charge in [-0.2, -0.15) is 11.8 Å². The molecular formula is C14H26N2OS. The van der Waals surface area contributed by atoms with Crippen molar-refractivity contribution in [3.8, 4) is 0 Å². The molecule has 3 rings (SSSR count). The van der Waals surface area contributed by atoms with Gasteiger partial charge in [-0.25, -0.2) is 0 Å². The first-order valence-corrected chi connectivity index (χ1v) is 8.69. The topological polar surface area (TPSA) is 24.5 Å². The number of nitrogens with zero attached hydrogens (tertiary/aromatic N) is 1. The molecule has 1 saturated carbocycles. The average Bonchev–Trinajstić information content (AvgIpc) is 2.39. The maximum absolute atomic E-state index is 5.97. The van der Waals surface area contributed by atoms with Crippen LogP contribution in [-0.4, -0.2) is 60.8 Å². The van der Waals surface area contributed by atoms with E-state index < -0.39 is 0 Å². The molecule has 0 amide bonds. The summed E-state index contributed by atoms with van der Waals surface area (Å²) in [5, 5.41) is 3.76. The molecule has 1 aliphatic carbocycles. The van der Waals surface area contributed by atoms with Crippen molar-refractivity contribution >= 4 is 11.8 Å². The fraction of sp³-hybridized carbons (Fsp3) is 1.00. The second-order valence-corrected chi connectivity index (χ2v) is 7.21. The lowest BCUT2D eigenvalue weighted by atomic mass is 9.74. The second-order valence-electron chi connectivity index (χ2n) is 5.98. The quantitative estimate of drug-likeness (QED) is 0.841. The van der Waals surface area contributed by atoms with Gasteiger partial charge in [-0.1, -0.05) is 0 Å². The lowest BCUT2D eigenvalue weighted by Gasteiger charge is -2.47. The van der Waals surface area contributed by atoms with Crippen LogP contribution in [0, 0.1) is 0 Å². The summed E-state index contributed by atoms with van der Waals surface area (Å²) < 4.78 is 5.97. The predicted molar refractivity (Wildman–Crippen MR) is 77.3 cm³/mol. The first-order chi connectivity index (χ1) is 8.86. The Balaban J connectivity index is 1.35. The number of hydrogen-bond donors (Lipinski definition) is 1. The standard InChI is InChI=1S/C14H26N2OS/c1-3-14(4-1)12-13(2-9-17-14)15-5-6-16-7-10-18-11-8-16/h13,15H,1-12H2. The van der Waals surface area contributed by atoms with Crippen molar-refractivity contribution in [2.24, 2.45) is 0 Å². The monoisotopic (exact) mass is 270 g/mol. The number of thioether (sulfide) groups is 1. The SMILES string of the molecule is C1CC2(C1)CC(NCCN1CCSCC1)CCO2. The van der Waals surface area contributed by atoms with Crippen LogP contribution in [0.4, 0.5) is 0 Å². The third kappa shape index (κ3) is 3.21. The van der Waals surface area contributed by atoms with E-state index in [0.717, 1.165) is 13.2 Å². The van der Waals surface area contributed by atoms with Gasteiger partial charge in [0.25, 0.3) is 0 Å². The molecule has 0 aromatic heterocycles. The third-order valence-electron chi connectivity index (χ3n) is 4.72. The fourth-order valence-electron chi connectivity index (χ4n) is 3.37.